The normalized spacial score (nSPS) is 11.5. The van der Waals surface area contributed by atoms with Crippen LogP contribution >= 0.6 is 0 Å². The van der Waals surface area contributed by atoms with E-state index in [4.69, 9.17) is 4.74 Å². The third kappa shape index (κ3) is 4.58. The van der Waals surface area contributed by atoms with Gasteiger partial charge in [-0.2, -0.15) is 8.78 Å². The van der Waals surface area contributed by atoms with Crippen molar-refractivity contribution < 1.29 is 31.1 Å². The summed E-state index contributed by atoms with van der Waals surface area (Å²) in [5.41, 5.74) is 0.318. The van der Waals surface area contributed by atoms with E-state index in [1.807, 2.05) is 0 Å². The summed E-state index contributed by atoms with van der Waals surface area (Å²) in [5, 5.41) is 0. The number of hydrogen-bond donors (Lipinski definition) is 0. The Balaban J connectivity index is 1.59. The summed E-state index contributed by atoms with van der Waals surface area (Å²) in [6.07, 6.45) is -3.58. The maximum atomic E-state index is 14.7. The largest absolute Gasteiger partial charge is 0.429 e. The molecule has 0 heterocycles. The molecule has 4 aromatic carbocycles. The Morgan fingerprint density at radius 1 is 0.606 bits per heavy atom. The summed E-state index contributed by atoms with van der Waals surface area (Å²) in [6, 6.07) is 15.9. The van der Waals surface area contributed by atoms with Crippen LogP contribution < -0.4 is 4.74 Å². The molecule has 0 aliphatic carbocycles. The highest BCUT2D eigenvalue weighted by Crippen LogP contribution is 2.35. The summed E-state index contributed by atoms with van der Waals surface area (Å²) < 4.78 is 89.6. The van der Waals surface area contributed by atoms with Crippen LogP contribution in [0.15, 0.2) is 78.9 Å². The summed E-state index contributed by atoms with van der Waals surface area (Å²) in [7, 11) is 0. The molecule has 1 nitrogen and oxygen atoms in total. The van der Waals surface area contributed by atoms with Crippen LogP contribution in [0.4, 0.5) is 26.3 Å². The second kappa shape index (κ2) is 8.65. The molecule has 0 saturated heterocycles. The zero-order valence-corrected chi connectivity index (χ0v) is 17.2. The first kappa shape index (κ1) is 22.5. The Morgan fingerprint density at radius 3 is 1.73 bits per heavy atom. The predicted molar refractivity (Wildman–Crippen MR) is 113 cm³/mol. The van der Waals surface area contributed by atoms with E-state index in [2.05, 4.69) is 0 Å². The van der Waals surface area contributed by atoms with Gasteiger partial charge < -0.3 is 4.74 Å². The molecule has 0 bridgehead atoms. The predicted octanol–water partition coefficient (Wildman–Crippen LogP) is 8.01. The smallest absolute Gasteiger partial charge is 0.426 e. The average Bonchev–Trinajstić information content (AvgIpc) is 2.78. The molecule has 0 unspecified atom stereocenters. The first-order valence-electron chi connectivity index (χ1n) is 9.83. The molecule has 0 aliphatic heterocycles. The van der Waals surface area contributed by atoms with E-state index < -0.39 is 29.4 Å². The molecule has 0 saturated carbocycles. The van der Waals surface area contributed by atoms with E-state index in [1.165, 1.54) is 60.7 Å². The van der Waals surface area contributed by atoms with Crippen LogP contribution in [-0.2, 0) is 6.11 Å². The Hall–Kier alpha value is -3.74. The third-order valence-electron chi connectivity index (χ3n) is 5.11. The van der Waals surface area contributed by atoms with Crippen LogP contribution in [0.5, 0.6) is 5.75 Å². The number of ether oxygens (including phenoxy) is 1. The number of benzene rings is 4. The van der Waals surface area contributed by atoms with Crippen molar-refractivity contribution >= 4 is 0 Å². The number of rotatable bonds is 5. The summed E-state index contributed by atoms with van der Waals surface area (Å²) >= 11 is 0. The van der Waals surface area contributed by atoms with E-state index >= 15 is 0 Å². The molecule has 0 spiro atoms. The van der Waals surface area contributed by atoms with Crippen molar-refractivity contribution in [1.29, 1.82) is 0 Å². The molecule has 33 heavy (non-hydrogen) atoms. The van der Waals surface area contributed by atoms with Gasteiger partial charge in [0.15, 0.2) is 23.3 Å². The molecule has 7 heteroatoms. The van der Waals surface area contributed by atoms with Crippen LogP contribution in [-0.4, -0.2) is 0 Å². The lowest BCUT2D eigenvalue weighted by Crippen LogP contribution is -2.21. The van der Waals surface area contributed by atoms with Crippen LogP contribution in [0.3, 0.4) is 0 Å². The van der Waals surface area contributed by atoms with Crippen molar-refractivity contribution in [2.75, 3.05) is 0 Å². The Bertz CT molecular complexity index is 1300. The minimum absolute atomic E-state index is 0.0288. The van der Waals surface area contributed by atoms with E-state index in [0.717, 1.165) is 23.8 Å². The highest BCUT2D eigenvalue weighted by Gasteiger charge is 2.34. The van der Waals surface area contributed by atoms with Crippen LogP contribution in [0.1, 0.15) is 11.1 Å². The van der Waals surface area contributed by atoms with Gasteiger partial charge in [-0.25, -0.2) is 17.6 Å². The molecule has 0 aliphatic rings. The van der Waals surface area contributed by atoms with Gasteiger partial charge in [0.05, 0.1) is 5.56 Å². The van der Waals surface area contributed by atoms with Crippen molar-refractivity contribution in [3.8, 4) is 28.0 Å². The monoisotopic (exact) mass is 458 g/mol. The quantitative estimate of drug-likeness (QED) is 0.275. The van der Waals surface area contributed by atoms with Crippen molar-refractivity contribution in [2.45, 2.75) is 13.0 Å². The zero-order chi connectivity index (χ0) is 23.8. The molecular weight excluding hydrogens is 442 g/mol. The maximum absolute atomic E-state index is 14.7. The second-order valence-electron chi connectivity index (χ2n) is 7.43. The SMILES string of the molecule is Cc1ccc(C(F)(F)Oc2ccc(-c3ccc(-c4ccc(F)c(F)c4)c(F)c3F)cc2)cc1. The fraction of sp³-hybridized carbons (Fsp3) is 0.0769. The Kier molecular flexibility index (Phi) is 5.89. The highest BCUT2D eigenvalue weighted by molar-refractivity contribution is 5.72. The lowest BCUT2D eigenvalue weighted by atomic mass is 9.98. The standard InChI is InChI=1S/C26H16F6O/c1-15-2-7-18(8-3-15)26(31,32)33-19-9-4-16(5-10-19)20-11-12-21(25(30)24(20)29)17-6-13-22(27)23(28)14-17/h2-14H,1H3. The van der Waals surface area contributed by atoms with Gasteiger partial charge >= 0.3 is 6.11 Å². The molecule has 0 N–H and O–H groups in total. The molecule has 0 aromatic heterocycles. The topological polar surface area (TPSA) is 9.23 Å². The fourth-order valence-electron chi connectivity index (χ4n) is 3.32. The van der Waals surface area contributed by atoms with Crippen molar-refractivity contribution in [2.24, 2.45) is 0 Å². The molecular formula is C26H16F6O. The second-order valence-corrected chi connectivity index (χ2v) is 7.43. The molecule has 4 aromatic rings. The first-order chi connectivity index (χ1) is 15.7. The summed E-state index contributed by atoms with van der Waals surface area (Å²) in [5.74, 6) is -4.91. The third-order valence-corrected chi connectivity index (χ3v) is 5.11. The van der Waals surface area contributed by atoms with Gasteiger partial charge in [0.2, 0.25) is 0 Å². The van der Waals surface area contributed by atoms with Gasteiger partial charge in [-0.05, 0) is 54.4 Å². The van der Waals surface area contributed by atoms with Gasteiger partial charge in [-0.1, -0.05) is 48.0 Å². The molecule has 0 fully saturated rings. The van der Waals surface area contributed by atoms with Crippen LogP contribution in [0, 0.1) is 30.2 Å². The van der Waals surface area contributed by atoms with E-state index in [0.29, 0.717) is 0 Å². The van der Waals surface area contributed by atoms with Crippen LogP contribution in [0.2, 0.25) is 0 Å². The number of alkyl halides is 2. The number of halogens is 6. The van der Waals surface area contributed by atoms with Gasteiger partial charge in [-0.15, -0.1) is 0 Å². The minimum Gasteiger partial charge on any atom is -0.429 e. The molecule has 0 radical (unpaired) electrons. The lowest BCUT2D eigenvalue weighted by Gasteiger charge is -2.18. The molecule has 0 amide bonds. The van der Waals surface area contributed by atoms with Gasteiger partial charge in [0.1, 0.15) is 5.75 Å². The molecule has 0 atom stereocenters. The number of hydrogen-bond acceptors (Lipinski definition) is 1. The Labute approximate surface area is 185 Å². The molecule has 4 rings (SSSR count). The lowest BCUT2D eigenvalue weighted by molar-refractivity contribution is -0.185. The van der Waals surface area contributed by atoms with E-state index in [-0.39, 0.29) is 33.6 Å². The highest BCUT2D eigenvalue weighted by atomic mass is 19.3. The number of aryl methyl sites for hydroxylation is 1. The van der Waals surface area contributed by atoms with Crippen molar-refractivity contribution in [3.63, 3.8) is 0 Å². The van der Waals surface area contributed by atoms with E-state index in [9.17, 15) is 26.3 Å². The van der Waals surface area contributed by atoms with Crippen LogP contribution in [0.25, 0.3) is 22.3 Å². The summed E-state index contributed by atoms with van der Waals surface area (Å²) in [6.45, 7) is 1.77. The Morgan fingerprint density at radius 2 is 1.15 bits per heavy atom. The molecule has 168 valence electrons. The summed E-state index contributed by atoms with van der Waals surface area (Å²) in [4.78, 5) is 0. The first-order valence-corrected chi connectivity index (χ1v) is 9.83. The fourth-order valence-corrected chi connectivity index (χ4v) is 3.32. The van der Waals surface area contributed by atoms with E-state index in [1.54, 1.807) is 6.92 Å². The van der Waals surface area contributed by atoms with Gasteiger partial charge in [0, 0.05) is 11.1 Å². The zero-order valence-electron chi connectivity index (χ0n) is 17.2. The minimum atomic E-state index is -3.58. The van der Waals surface area contributed by atoms with Gasteiger partial charge in [0.25, 0.3) is 0 Å². The maximum Gasteiger partial charge on any atom is 0.426 e. The average molecular weight is 458 g/mol. The van der Waals surface area contributed by atoms with Crippen molar-refractivity contribution in [1.82, 2.24) is 0 Å². The van der Waals surface area contributed by atoms with Crippen molar-refractivity contribution in [3.05, 3.63) is 113 Å². The van der Waals surface area contributed by atoms with Gasteiger partial charge in [-0.3, -0.25) is 0 Å².